The fourth-order valence-electron chi connectivity index (χ4n) is 2.38. The third-order valence-corrected chi connectivity index (χ3v) is 3.99. The van der Waals surface area contributed by atoms with E-state index in [1.54, 1.807) is 34.9 Å². The lowest BCUT2D eigenvalue weighted by atomic mass is 10.2. The molecular formula is C17H16ClN3O2. The first-order chi connectivity index (χ1) is 11.0. The van der Waals surface area contributed by atoms with Crippen LogP contribution in [-0.4, -0.2) is 28.3 Å². The molecule has 6 heteroatoms. The van der Waals surface area contributed by atoms with Crippen molar-refractivity contribution in [2.75, 3.05) is 18.5 Å². The Balaban J connectivity index is 2.38. The predicted molar refractivity (Wildman–Crippen MR) is 93.0 cm³/mol. The van der Waals surface area contributed by atoms with Crippen molar-refractivity contribution in [3.63, 3.8) is 0 Å². The lowest BCUT2D eigenvalue weighted by Gasteiger charge is -2.21. The Hall–Kier alpha value is -2.53. The molecule has 1 aromatic heterocycles. The van der Waals surface area contributed by atoms with Crippen molar-refractivity contribution in [3.8, 4) is 11.4 Å². The monoisotopic (exact) mass is 329 g/mol. The van der Waals surface area contributed by atoms with Gasteiger partial charge in [0.2, 0.25) is 5.95 Å². The molecule has 0 aliphatic rings. The summed E-state index contributed by atoms with van der Waals surface area (Å²) in [6, 6.07) is 11.6. The first-order valence-corrected chi connectivity index (χ1v) is 7.62. The number of halogens is 1. The van der Waals surface area contributed by atoms with E-state index in [1.807, 2.05) is 18.9 Å². The van der Waals surface area contributed by atoms with Crippen LogP contribution in [0.1, 0.15) is 6.92 Å². The number of aromatic hydroxyl groups is 1. The van der Waals surface area contributed by atoms with Crippen LogP contribution >= 0.6 is 11.6 Å². The molecule has 0 aliphatic heterocycles. The standard InChI is InChI=1S/C17H16ClN3O2/c1-3-20(2)17-19-15-10-13(22)8-9-14(15)16(23)21(17)12-6-4-11(18)5-7-12/h4-10,22H,3H2,1-2H3. The molecule has 0 saturated carbocycles. The average Bonchev–Trinajstić information content (AvgIpc) is 2.54. The number of nitrogens with zero attached hydrogens (tertiary/aromatic N) is 3. The first kappa shape index (κ1) is 15.4. The minimum absolute atomic E-state index is 0.0822. The van der Waals surface area contributed by atoms with Crippen LogP contribution in [0.15, 0.2) is 47.3 Å². The van der Waals surface area contributed by atoms with Gasteiger partial charge in [0.1, 0.15) is 5.75 Å². The van der Waals surface area contributed by atoms with E-state index in [1.165, 1.54) is 12.1 Å². The second kappa shape index (κ2) is 5.93. The molecule has 0 radical (unpaired) electrons. The van der Waals surface area contributed by atoms with Gasteiger partial charge in [0, 0.05) is 24.7 Å². The number of phenolic OH excluding ortho intramolecular Hbond substituents is 1. The van der Waals surface area contributed by atoms with Crippen LogP contribution in [0.2, 0.25) is 5.02 Å². The maximum absolute atomic E-state index is 12.9. The van der Waals surface area contributed by atoms with Crippen LogP contribution in [-0.2, 0) is 0 Å². The molecule has 23 heavy (non-hydrogen) atoms. The molecule has 118 valence electrons. The number of rotatable bonds is 3. The quantitative estimate of drug-likeness (QED) is 0.801. The molecule has 0 atom stereocenters. The highest BCUT2D eigenvalue weighted by Gasteiger charge is 2.15. The van der Waals surface area contributed by atoms with Crippen molar-refractivity contribution >= 4 is 28.5 Å². The Labute approximate surface area is 138 Å². The van der Waals surface area contributed by atoms with Crippen LogP contribution in [0.25, 0.3) is 16.6 Å². The third kappa shape index (κ3) is 2.75. The number of anilines is 1. The Morgan fingerprint density at radius 3 is 2.57 bits per heavy atom. The minimum atomic E-state index is -0.187. The summed E-state index contributed by atoms with van der Waals surface area (Å²) in [5, 5.41) is 10.7. The van der Waals surface area contributed by atoms with Gasteiger partial charge in [0.25, 0.3) is 5.56 Å². The van der Waals surface area contributed by atoms with Gasteiger partial charge in [-0.15, -0.1) is 0 Å². The first-order valence-electron chi connectivity index (χ1n) is 7.24. The fraction of sp³-hybridized carbons (Fsp3) is 0.176. The SMILES string of the molecule is CCN(C)c1nc2cc(O)ccc2c(=O)n1-c1ccc(Cl)cc1. The molecule has 2 aromatic carbocycles. The Morgan fingerprint density at radius 1 is 1.22 bits per heavy atom. The number of hydrogen-bond donors (Lipinski definition) is 1. The molecule has 0 spiro atoms. The Bertz CT molecular complexity index is 920. The van der Waals surface area contributed by atoms with Crippen LogP contribution in [0.4, 0.5) is 5.95 Å². The number of fused-ring (bicyclic) bond motifs is 1. The molecule has 0 bridgehead atoms. The van der Waals surface area contributed by atoms with E-state index in [0.29, 0.717) is 34.1 Å². The number of benzene rings is 2. The molecule has 0 fully saturated rings. The van der Waals surface area contributed by atoms with Crippen LogP contribution < -0.4 is 10.5 Å². The lowest BCUT2D eigenvalue weighted by Crippen LogP contribution is -2.29. The molecule has 0 unspecified atom stereocenters. The molecule has 5 nitrogen and oxygen atoms in total. The summed E-state index contributed by atoms with van der Waals surface area (Å²) >= 11 is 5.94. The molecule has 0 saturated heterocycles. The highest BCUT2D eigenvalue weighted by molar-refractivity contribution is 6.30. The highest BCUT2D eigenvalue weighted by atomic mass is 35.5. The van der Waals surface area contributed by atoms with Crippen molar-refractivity contribution in [1.82, 2.24) is 9.55 Å². The topological polar surface area (TPSA) is 58.4 Å². The van der Waals surface area contributed by atoms with Crippen molar-refractivity contribution in [2.45, 2.75) is 6.92 Å². The lowest BCUT2D eigenvalue weighted by molar-refractivity contribution is 0.476. The molecule has 0 aliphatic carbocycles. The average molecular weight is 330 g/mol. The van der Waals surface area contributed by atoms with E-state index < -0.39 is 0 Å². The smallest absolute Gasteiger partial charge is 0.267 e. The van der Waals surface area contributed by atoms with E-state index in [-0.39, 0.29) is 11.3 Å². The fourth-order valence-corrected chi connectivity index (χ4v) is 2.51. The van der Waals surface area contributed by atoms with Crippen molar-refractivity contribution < 1.29 is 5.11 Å². The summed E-state index contributed by atoms with van der Waals surface area (Å²) < 4.78 is 1.55. The highest BCUT2D eigenvalue weighted by Crippen LogP contribution is 2.22. The van der Waals surface area contributed by atoms with E-state index in [4.69, 9.17) is 11.6 Å². The maximum atomic E-state index is 12.9. The Kier molecular flexibility index (Phi) is 3.96. The zero-order valence-corrected chi connectivity index (χ0v) is 13.6. The second-order valence-electron chi connectivity index (χ2n) is 5.24. The van der Waals surface area contributed by atoms with Crippen molar-refractivity contribution in [1.29, 1.82) is 0 Å². The number of aromatic nitrogens is 2. The van der Waals surface area contributed by atoms with Crippen LogP contribution in [0, 0.1) is 0 Å². The van der Waals surface area contributed by atoms with Gasteiger partial charge in [-0.25, -0.2) is 9.55 Å². The number of hydrogen-bond acceptors (Lipinski definition) is 4. The number of phenols is 1. The summed E-state index contributed by atoms with van der Waals surface area (Å²) in [4.78, 5) is 19.4. The van der Waals surface area contributed by atoms with Crippen LogP contribution in [0.3, 0.4) is 0 Å². The molecule has 3 rings (SSSR count). The van der Waals surface area contributed by atoms with Gasteiger partial charge in [0.05, 0.1) is 16.6 Å². The molecule has 3 aromatic rings. The third-order valence-electron chi connectivity index (χ3n) is 3.74. The van der Waals surface area contributed by atoms with Gasteiger partial charge < -0.3 is 10.0 Å². The summed E-state index contributed by atoms with van der Waals surface area (Å²) in [5.41, 5.74) is 0.973. The van der Waals surface area contributed by atoms with Gasteiger partial charge in [0.15, 0.2) is 0 Å². The summed E-state index contributed by atoms with van der Waals surface area (Å²) in [7, 11) is 1.86. The van der Waals surface area contributed by atoms with Gasteiger partial charge >= 0.3 is 0 Å². The van der Waals surface area contributed by atoms with Crippen LogP contribution in [0.5, 0.6) is 5.75 Å². The molecule has 1 heterocycles. The van der Waals surface area contributed by atoms with Gasteiger partial charge in [-0.1, -0.05) is 11.6 Å². The Morgan fingerprint density at radius 2 is 1.91 bits per heavy atom. The second-order valence-corrected chi connectivity index (χ2v) is 5.68. The summed E-state index contributed by atoms with van der Waals surface area (Å²) in [6.45, 7) is 2.66. The van der Waals surface area contributed by atoms with Gasteiger partial charge in [-0.05, 0) is 43.3 Å². The van der Waals surface area contributed by atoms with E-state index in [0.717, 1.165) is 0 Å². The molecular weight excluding hydrogens is 314 g/mol. The largest absolute Gasteiger partial charge is 0.508 e. The van der Waals surface area contributed by atoms with E-state index in [2.05, 4.69) is 4.98 Å². The van der Waals surface area contributed by atoms with Crippen molar-refractivity contribution in [2.24, 2.45) is 0 Å². The summed E-state index contributed by atoms with van der Waals surface area (Å²) in [5.74, 6) is 0.594. The molecule has 1 N–H and O–H groups in total. The minimum Gasteiger partial charge on any atom is -0.508 e. The zero-order valence-electron chi connectivity index (χ0n) is 12.8. The van der Waals surface area contributed by atoms with E-state index >= 15 is 0 Å². The zero-order chi connectivity index (χ0) is 16.6. The predicted octanol–water partition coefficient (Wildman–Crippen LogP) is 3.20. The van der Waals surface area contributed by atoms with Gasteiger partial charge in [-0.2, -0.15) is 0 Å². The molecule has 0 amide bonds. The maximum Gasteiger partial charge on any atom is 0.267 e. The van der Waals surface area contributed by atoms with Crippen molar-refractivity contribution in [3.05, 3.63) is 57.8 Å². The van der Waals surface area contributed by atoms with E-state index in [9.17, 15) is 9.90 Å². The normalized spacial score (nSPS) is 10.9. The summed E-state index contributed by atoms with van der Waals surface area (Å²) in [6.07, 6.45) is 0. The van der Waals surface area contributed by atoms with Gasteiger partial charge in [-0.3, -0.25) is 4.79 Å².